The van der Waals surface area contributed by atoms with E-state index in [0.29, 0.717) is 6.42 Å². The Kier molecular flexibility index (Phi) is 6.37. The third kappa shape index (κ3) is 5.05. The lowest BCUT2D eigenvalue weighted by molar-refractivity contribution is -0.153. The molecule has 2 aromatic carbocycles. The van der Waals surface area contributed by atoms with E-state index in [4.69, 9.17) is 4.74 Å². The molecule has 1 amide bonds. The third-order valence-electron chi connectivity index (χ3n) is 5.10. The van der Waals surface area contributed by atoms with E-state index >= 15 is 0 Å². The fraction of sp³-hybridized carbons (Fsp3) is 0.333. The molecule has 0 fully saturated rings. The molecule has 1 heterocycles. The smallest absolute Gasteiger partial charge is 0.306 e. The number of esters is 1. The van der Waals surface area contributed by atoms with Crippen LogP contribution in [0, 0.1) is 20.8 Å². The Morgan fingerprint density at radius 2 is 1.79 bits per heavy atom. The lowest BCUT2D eigenvalue weighted by atomic mass is 10.0. The van der Waals surface area contributed by atoms with Crippen LogP contribution in [0.5, 0.6) is 0 Å². The normalized spacial score (nSPS) is 12.0. The van der Waals surface area contributed by atoms with Crippen molar-refractivity contribution in [3.8, 4) is 0 Å². The summed E-state index contributed by atoms with van der Waals surface area (Å²) in [6.45, 7) is 7.53. The number of aromatic amines is 1. The monoisotopic (exact) mass is 392 g/mol. The van der Waals surface area contributed by atoms with Crippen molar-refractivity contribution in [2.75, 3.05) is 5.32 Å². The van der Waals surface area contributed by atoms with Crippen LogP contribution >= 0.6 is 0 Å². The van der Waals surface area contributed by atoms with Crippen molar-refractivity contribution in [2.45, 2.75) is 53.1 Å². The number of anilines is 1. The quantitative estimate of drug-likeness (QED) is 0.557. The van der Waals surface area contributed by atoms with Gasteiger partial charge in [0, 0.05) is 29.2 Å². The number of amides is 1. The van der Waals surface area contributed by atoms with E-state index in [-0.39, 0.29) is 18.3 Å². The van der Waals surface area contributed by atoms with Crippen LogP contribution in [0.4, 0.5) is 5.69 Å². The molecule has 0 spiro atoms. The fourth-order valence-corrected chi connectivity index (χ4v) is 3.67. The molecule has 29 heavy (non-hydrogen) atoms. The zero-order valence-corrected chi connectivity index (χ0v) is 17.5. The SMILES string of the molecule is Cc1cc(C)c(NC(=O)[C@H](C)OC(=O)CCCc2c[nH]c3ccccc23)c(C)c1. The molecule has 0 aliphatic carbocycles. The van der Waals surface area contributed by atoms with Gasteiger partial charge in [-0.3, -0.25) is 9.59 Å². The van der Waals surface area contributed by atoms with Gasteiger partial charge in [0.2, 0.25) is 0 Å². The molecule has 0 saturated carbocycles. The molecule has 5 heteroatoms. The van der Waals surface area contributed by atoms with Crippen LogP contribution in [0.3, 0.4) is 0 Å². The minimum Gasteiger partial charge on any atom is -0.453 e. The molecule has 1 aromatic heterocycles. The number of benzene rings is 2. The van der Waals surface area contributed by atoms with E-state index in [0.717, 1.165) is 34.3 Å². The number of nitrogens with one attached hydrogen (secondary N) is 2. The van der Waals surface area contributed by atoms with E-state index in [1.807, 2.05) is 57.3 Å². The summed E-state index contributed by atoms with van der Waals surface area (Å²) in [5.41, 5.74) is 6.19. The zero-order valence-electron chi connectivity index (χ0n) is 17.5. The average Bonchev–Trinajstić information content (AvgIpc) is 3.07. The Balaban J connectivity index is 1.49. The number of hydrogen-bond donors (Lipinski definition) is 2. The maximum Gasteiger partial charge on any atom is 0.306 e. The summed E-state index contributed by atoms with van der Waals surface area (Å²) >= 11 is 0. The topological polar surface area (TPSA) is 71.2 Å². The molecule has 1 atom stereocenters. The van der Waals surface area contributed by atoms with Crippen LogP contribution in [-0.2, 0) is 20.7 Å². The van der Waals surface area contributed by atoms with Crippen molar-refractivity contribution in [3.05, 3.63) is 64.8 Å². The minimum absolute atomic E-state index is 0.277. The van der Waals surface area contributed by atoms with Gasteiger partial charge in [0.15, 0.2) is 6.10 Å². The molecule has 0 aliphatic rings. The number of carbonyl (C=O) groups is 2. The van der Waals surface area contributed by atoms with Gasteiger partial charge in [-0.25, -0.2) is 0 Å². The average molecular weight is 392 g/mol. The van der Waals surface area contributed by atoms with Crippen LogP contribution in [0.1, 0.15) is 42.0 Å². The summed E-state index contributed by atoms with van der Waals surface area (Å²) in [5.74, 6) is -0.671. The summed E-state index contributed by atoms with van der Waals surface area (Å²) in [7, 11) is 0. The summed E-state index contributed by atoms with van der Waals surface area (Å²) < 4.78 is 5.34. The number of ether oxygens (including phenoxy) is 1. The lowest BCUT2D eigenvalue weighted by Gasteiger charge is -2.17. The predicted molar refractivity (Wildman–Crippen MR) is 116 cm³/mol. The van der Waals surface area contributed by atoms with Gasteiger partial charge >= 0.3 is 5.97 Å². The Bertz CT molecular complexity index is 1010. The van der Waals surface area contributed by atoms with Gasteiger partial charge in [0.1, 0.15) is 0 Å². The van der Waals surface area contributed by atoms with Gasteiger partial charge in [-0.2, -0.15) is 0 Å². The highest BCUT2D eigenvalue weighted by atomic mass is 16.5. The third-order valence-corrected chi connectivity index (χ3v) is 5.10. The molecule has 0 radical (unpaired) electrons. The first-order chi connectivity index (χ1) is 13.8. The van der Waals surface area contributed by atoms with Crippen LogP contribution in [0.2, 0.25) is 0 Å². The fourth-order valence-electron chi connectivity index (χ4n) is 3.67. The van der Waals surface area contributed by atoms with Gasteiger partial charge < -0.3 is 15.0 Å². The molecule has 0 saturated heterocycles. The molecule has 152 valence electrons. The molecule has 2 N–H and O–H groups in total. The second-order valence-corrected chi connectivity index (χ2v) is 7.61. The molecule has 0 unspecified atom stereocenters. The van der Waals surface area contributed by atoms with E-state index in [2.05, 4.69) is 16.4 Å². The van der Waals surface area contributed by atoms with E-state index in [9.17, 15) is 9.59 Å². The number of aryl methyl sites for hydroxylation is 4. The highest BCUT2D eigenvalue weighted by Crippen LogP contribution is 2.22. The maximum atomic E-state index is 12.5. The Hall–Kier alpha value is -3.08. The number of rotatable bonds is 7. The zero-order chi connectivity index (χ0) is 21.0. The maximum absolute atomic E-state index is 12.5. The van der Waals surface area contributed by atoms with Gasteiger partial charge in [0.25, 0.3) is 5.91 Å². The van der Waals surface area contributed by atoms with Crippen molar-refractivity contribution in [1.82, 2.24) is 4.98 Å². The molecule has 5 nitrogen and oxygen atoms in total. The van der Waals surface area contributed by atoms with Gasteiger partial charge in [-0.05, 0) is 63.3 Å². The standard InChI is InChI=1S/C24H28N2O3/c1-15-12-16(2)23(17(3)13-15)26-24(28)18(4)29-22(27)11-7-8-19-14-25-21-10-6-5-9-20(19)21/h5-6,9-10,12-14,18,25H,7-8,11H2,1-4H3,(H,26,28)/t18-/m0/s1. The first-order valence-electron chi connectivity index (χ1n) is 9.98. The lowest BCUT2D eigenvalue weighted by Crippen LogP contribution is -2.30. The second-order valence-electron chi connectivity index (χ2n) is 7.61. The van der Waals surface area contributed by atoms with E-state index < -0.39 is 6.10 Å². The summed E-state index contributed by atoms with van der Waals surface area (Å²) in [4.78, 5) is 27.9. The number of H-pyrrole nitrogens is 1. The second kappa shape index (κ2) is 8.95. The van der Waals surface area contributed by atoms with Crippen LogP contribution < -0.4 is 5.32 Å². The van der Waals surface area contributed by atoms with Gasteiger partial charge in [-0.15, -0.1) is 0 Å². The minimum atomic E-state index is -0.837. The Morgan fingerprint density at radius 3 is 2.52 bits per heavy atom. The number of hydrogen-bond acceptors (Lipinski definition) is 3. The Morgan fingerprint density at radius 1 is 1.10 bits per heavy atom. The first kappa shape index (κ1) is 20.6. The summed E-state index contributed by atoms with van der Waals surface area (Å²) in [5, 5.41) is 4.07. The Labute approximate surface area is 171 Å². The largest absolute Gasteiger partial charge is 0.453 e. The number of fused-ring (bicyclic) bond motifs is 1. The van der Waals surface area contributed by atoms with Crippen molar-refractivity contribution in [2.24, 2.45) is 0 Å². The molecule has 3 rings (SSSR count). The van der Waals surface area contributed by atoms with Gasteiger partial charge in [0.05, 0.1) is 0 Å². The molecule has 0 aliphatic heterocycles. The molecule has 0 bridgehead atoms. The summed E-state index contributed by atoms with van der Waals surface area (Å²) in [6, 6.07) is 12.1. The first-order valence-corrected chi connectivity index (χ1v) is 9.98. The molecular formula is C24H28N2O3. The number of aromatic nitrogens is 1. The van der Waals surface area contributed by atoms with Crippen molar-refractivity contribution >= 4 is 28.5 Å². The predicted octanol–water partition coefficient (Wildman–Crippen LogP) is 4.99. The van der Waals surface area contributed by atoms with Crippen molar-refractivity contribution in [3.63, 3.8) is 0 Å². The molecular weight excluding hydrogens is 364 g/mol. The number of carbonyl (C=O) groups excluding carboxylic acids is 2. The highest BCUT2D eigenvalue weighted by Gasteiger charge is 2.19. The van der Waals surface area contributed by atoms with E-state index in [1.54, 1.807) is 6.92 Å². The van der Waals surface area contributed by atoms with E-state index in [1.165, 1.54) is 10.9 Å². The number of para-hydroxylation sites is 1. The summed E-state index contributed by atoms with van der Waals surface area (Å²) in [6.07, 6.45) is 2.88. The molecule has 3 aromatic rings. The van der Waals surface area contributed by atoms with Crippen LogP contribution in [0.25, 0.3) is 10.9 Å². The highest BCUT2D eigenvalue weighted by molar-refractivity contribution is 5.96. The van der Waals surface area contributed by atoms with Crippen molar-refractivity contribution < 1.29 is 14.3 Å². The van der Waals surface area contributed by atoms with Crippen LogP contribution in [-0.4, -0.2) is 23.0 Å². The van der Waals surface area contributed by atoms with Crippen LogP contribution in [0.15, 0.2) is 42.6 Å². The van der Waals surface area contributed by atoms with Gasteiger partial charge in [-0.1, -0.05) is 35.9 Å². The van der Waals surface area contributed by atoms with Crippen molar-refractivity contribution in [1.29, 1.82) is 0 Å².